The van der Waals surface area contributed by atoms with E-state index in [4.69, 9.17) is 4.74 Å². The number of hydrogen-bond acceptors (Lipinski definition) is 4. The van der Waals surface area contributed by atoms with E-state index in [1.165, 1.54) is 0 Å². The van der Waals surface area contributed by atoms with Gasteiger partial charge in [0.25, 0.3) is 0 Å². The summed E-state index contributed by atoms with van der Waals surface area (Å²) in [7, 11) is 3.97. The van der Waals surface area contributed by atoms with E-state index < -0.39 is 5.60 Å². The van der Waals surface area contributed by atoms with E-state index in [0.717, 1.165) is 6.42 Å². The Kier molecular flexibility index (Phi) is 4.38. The van der Waals surface area contributed by atoms with E-state index in [0.29, 0.717) is 12.6 Å². The number of likely N-dealkylation sites (tertiary alicyclic amines) is 1. The van der Waals surface area contributed by atoms with Crippen molar-refractivity contribution >= 4 is 6.09 Å². The smallest absolute Gasteiger partial charge is 0.410 e. The van der Waals surface area contributed by atoms with Gasteiger partial charge in [0, 0.05) is 12.6 Å². The van der Waals surface area contributed by atoms with Gasteiger partial charge in [-0.15, -0.1) is 0 Å². The first-order chi connectivity index (χ1) is 7.74. The molecule has 0 spiro atoms. The average Bonchev–Trinajstić information content (AvgIpc) is 2.58. The van der Waals surface area contributed by atoms with E-state index in [9.17, 15) is 9.90 Å². The predicted molar refractivity (Wildman–Crippen MR) is 65.9 cm³/mol. The molecule has 0 aromatic carbocycles. The van der Waals surface area contributed by atoms with Gasteiger partial charge in [0.15, 0.2) is 0 Å². The van der Waals surface area contributed by atoms with Crippen LogP contribution in [0, 0.1) is 0 Å². The first-order valence-electron chi connectivity index (χ1n) is 6.01. The number of carbonyl (C=O) groups excluding carboxylic acids is 1. The van der Waals surface area contributed by atoms with Gasteiger partial charge in [-0.25, -0.2) is 4.79 Å². The maximum atomic E-state index is 12.0. The minimum Gasteiger partial charge on any atom is -0.444 e. The van der Waals surface area contributed by atoms with Crippen LogP contribution in [0.3, 0.4) is 0 Å². The van der Waals surface area contributed by atoms with E-state index in [2.05, 4.69) is 4.90 Å². The van der Waals surface area contributed by atoms with Crippen molar-refractivity contribution in [2.75, 3.05) is 27.2 Å². The molecule has 0 aromatic heterocycles. The fraction of sp³-hybridized carbons (Fsp3) is 0.917. The second kappa shape index (κ2) is 5.23. The van der Waals surface area contributed by atoms with Crippen LogP contribution in [0.5, 0.6) is 0 Å². The van der Waals surface area contributed by atoms with Crippen molar-refractivity contribution < 1.29 is 14.6 Å². The molecule has 2 atom stereocenters. The molecule has 100 valence electrons. The summed E-state index contributed by atoms with van der Waals surface area (Å²) in [4.78, 5) is 15.7. The number of aliphatic hydroxyl groups is 1. The normalized spacial score (nSPS) is 25.5. The fourth-order valence-corrected chi connectivity index (χ4v) is 1.98. The van der Waals surface area contributed by atoms with Crippen molar-refractivity contribution in [2.24, 2.45) is 0 Å². The lowest BCUT2D eigenvalue weighted by Gasteiger charge is -2.27. The van der Waals surface area contributed by atoms with Crippen LogP contribution in [0.25, 0.3) is 0 Å². The molecule has 1 unspecified atom stereocenters. The highest BCUT2D eigenvalue weighted by Crippen LogP contribution is 2.23. The van der Waals surface area contributed by atoms with Crippen molar-refractivity contribution in [3.8, 4) is 0 Å². The molecular formula is C12H24N2O3. The van der Waals surface area contributed by atoms with Crippen molar-refractivity contribution in [1.82, 2.24) is 9.80 Å². The quantitative estimate of drug-likeness (QED) is 0.785. The summed E-state index contributed by atoms with van der Waals surface area (Å²) in [5.41, 5.74) is -0.493. The van der Waals surface area contributed by atoms with Crippen molar-refractivity contribution in [3.63, 3.8) is 0 Å². The van der Waals surface area contributed by atoms with Crippen LogP contribution in [0.1, 0.15) is 27.2 Å². The summed E-state index contributed by atoms with van der Waals surface area (Å²) in [6.45, 7) is 6.14. The molecule has 1 N–H and O–H groups in total. The standard InChI is InChI=1S/C12H24N2O3/c1-12(2,3)17-11(16)14-7-9(13(4)5)6-10(14)8-15/h9-10,15H,6-8H2,1-5H3/t9?,10-/m0/s1. The predicted octanol–water partition coefficient (Wildman–Crippen LogP) is 0.918. The van der Waals surface area contributed by atoms with Gasteiger partial charge in [-0.1, -0.05) is 0 Å². The summed E-state index contributed by atoms with van der Waals surface area (Å²) in [5.74, 6) is 0. The maximum Gasteiger partial charge on any atom is 0.410 e. The molecule has 1 aliphatic heterocycles. The van der Waals surface area contributed by atoms with Gasteiger partial charge < -0.3 is 19.6 Å². The van der Waals surface area contributed by atoms with Crippen LogP contribution in [0.4, 0.5) is 4.79 Å². The van der Waals surface area contributed by atoms with Crippen LogP contribution >= 0.6 is 0 Å². The van der Waals surface area contributed by atoms with Gasteiger partial charge in [0.05, 0.1) is 12.6 Å². The van der Waals surface area contributed by atoms with Crippen LogP contribution in [0.2, 0.25) is 0 Å². The van der Waals surface area contributed by atoms with E-state index in [-0.39, 0.29) is 18.7 Å². The number of nitrogens with zero attached hydrogens (tertiary/aromatic N) is 2. The van der Waals surface area contributed by atoms with Crippen molar-refractivity contribution in [3.05, 3.63) is 0 Å². The minimum absolute atomic E-state index is 0.0103. The first-order valence-corrected chi connectivity index (χ1v) is 6.01. The molecule has 1 amide bonds. The molecule has 1 saturated heterocycles. The summed E-state index contributed by atoms with van der Waals surface area (Å²) < 4.78 is 5.34. The fourth-order valence-electron chi connectivity index (χ4n) is 1.98. The molecule has 1 aliphatic rings. The Hall–Kier alpha value is -0.810. The highest BCUT2D eigenvalue weighted by molar-refractivity contribution is 5.69. The molecular weight excluding hydrogens is 220 g/mol. The van der Waals surface area contributed by atoms with Gasteiger partial charge in [0.1, 0.15) is 5.60 Å². The number of ether oxygens (including phenoxy) is 1. The zero-order valence-electron chi connectivity index (χ0n) is 11.4. The maximum absolute atomic E-state index is 12.0. The van der Waals surface area contributed by atoms with Crippen LogP contribution in [-0.2, 0) is 4.74 Å². The third kappa shape index (κ3) is 3.85. The molecule has 1 rings (SSSR count). The lowest BCUT2D eigenvalue weighted by molar-refractivity contribution is 0.0170. The molecule has 5 nitrogen and oxygen atoms in total. The van der Waals surface area contributed by atoms with Crippen LogP contribution < -0.4 is 0 Å². The third-order valence-corrected chi connectivity index (χ3v) is 2.96. The summed E-state index contributed by atoms with van der Waals surface area (Å²) >= 11 is 0. The first kappa shape index (κ1) is 14.3. The molecule has 0 bridgehead atoms. The second-order valence-corrected chi connectivity index (χ2v) is 5.82. The molecule has 0 aromatic rings. The Labute approximate surface area is 103 Å². The number of hydrogen-bond donors (Lipinski definition) is 1. The summed E-state index contributed by atoms with van der Waals surface area (Å²) in [6, 6.07) is 0.164. The molecule has 0 radical (unpaired) electrons. The topological polar surface area (TPSA) is 53.0 Å². The molecule has 1 heterocycles. The van der Waals surface area contributed by atoms with Crippen LogP contribution in [0.15, 0.2) is 0 Å². The largest absolute Gasteiger partial charge is 0.444 e. The van der Waals surface area contributed by atoms with Gasteiger partial charge in [-0.2, -0.15) is 0 Å². The van der Waals surface area contributed by atoms with E-state index >= 15 is 0 Å². The number of likely N-dealkylation sites (N-methyl/N-ethyl adjacent to an activating group) is 1. The Bertz CT molecular complexity index is 273. The van der Waals surface area contributed by atoms with Gasteiger partial charge >= 0.3 is 6.09 Å². The highest BCUT2D eigenvalue weighted by Gasteiger charge is 2.37. The number of carbonyl (C=O) groups is 1. The summed E-state index contributed by atoms with van der Waals surface area (Å²) in [5, 5.41) is 9.32. The average molecular weight is 244 g/mol. The van der Waals surface area contributed by atoms with Gasteiger partial charge in [0.2, 0.25) is 0 Å². The van der Waals surface area contributed by atoms with Gasteiger partial charge in [-0.3, -0.25) is 0 Å². The second-order valence-electron chi connectivity index (χ2n) is 5.82. The molecule has 17 heavy (non-hydrogen) atoms. The number of rotatable bonds is 2. The van der Waals surface area contributed by atoms with Crippen molar-refractivity contribution in [2.45, 2.75) is 44.9 Å². The lowest BCUT2D eigenvalue weighted by atomic mass is 10.2. The number of amides is 1. The van der Waals surface area contributed by atoms with Crippen molar-refractivity contribution in [1.29, 1.82) is 0 Å². The molecule has 5 heteroatoms. The molecule has 0 saturated carbocycles. The van der Waals surface area contributed by atoms with Crippen LogP contribution in [-0.4, -0.2) is 65.9 Å². The monoisotopic (exact) mass is 244 g/mol. The Morgan fingerprint density at radius 1 is 1.47 bits per heavy atom. The molecule has 1 fully saturated rings. The Morgan fingerprint density at radius 2 is 2.06 bits per heavy atom. The lowest BCUT2D eigenvalue weighted by Crippen LogP contribution is -2.42. The van der Waals surface area contributed by atoms with Gasteiger partial charge in [-0.05, 0) is 41.3 Å². The SMILES string of the molecule is CN(C)C1C[C@@H](CO)N(C(=O)OC(C)(C)C)C1. The third-order valence-electron chi connectivity index (χ3n) is 2.96. The highest BCUT2D eigenvalue weighted by atomic mass is 16.6. The number of aliphatic hydroxyl groups excluding tert-OH is 1. The Morgan fingerprint density at radius 3 is 2.47 bits per heavy atom. The molecule has 0 aliphatic carbocycles. The minimum atomic E-state index is -0.493. The Balaban J connectivity index is 2.66. The van der Waals surface area contributed by atoms with E-state index in [1.54, 1.807) is 4.90 Å². The summed E-state index contributed by atoms with van der Waals surface area (Å²) in [6.07, 6.45) is 0.462. The zero-order valence-corrected chi connectivity index (χ0v) is 11.4. The zero-order chi connectivity index (χ0) is 13.2. The van der Waals surface area contributed by atoms with E-state index in [1.807, 2.05) is 34.9 Å².